The second kappa shape index (κ2) is 6.28. The van der Waals surface area contributed by atoms with E-state index in [1.165, 1.54) is 44.2 Å². The predicted octanol–water partition coefficient (Wildman–Crippen LogP) is 3.60. The van der Waals surface area contributed by atoms with Crippen molar-refractivity contribution >= 4 is 0 Å². The molecule has 20 heavy (non-hydrogen) atoms. The van der Waals surface area contributed by atoms with E-state index in [9.17, 15) is 0 Å². The van der Waals surface area contributed by atoms with E-state index in [0.717, 1.165) is 12.0 Å². The highest BCUT2D eigenvalue weighted by Gasteiger charge is 2.39. The van der Waals surface area contributed by atoms with Crippen LogP contribution in [0.4, 0.5) is 0 Å². The van der Waals surface area contributed by atoms with E-state index in [-0.39, 0.29) is 0 Å². The molecule has 2 nitrogen and oxygen atoms in total. The highest BCUT2D eigenvalue weighted by Crippen LogP contribution is 2.38. The van der Waals surface area contributed by atoms with Gasteiger partial charge in [-0.3, -0.25) is 4.90 Å². The van der Waals surface area contributed by atoms with E-state index in [0.29, 0.717) is 12.1 Å². The van der Waals surface area contributed by atoms with Crippen LogP contribution >= 0.6 is 0 Å². The van der Waals surface area contributed by atoms with Crippen molar-refractivity contribution < 1.29 is 0 Å². The average molecular weight is 272 g/mol. The Hall–Kier alpha value is -0.860. The lowest BCUT2D eigenvalue weighted by atomic mass is 9.95. The fraction of sp³-hybridized carbons (Fsp3) is 0.667. The SMILES string of the molecule is CCC(C(NC)c1ccccc1)N(CC1CC1)C1CC1. The maximum atomic E-state index is 3.58. The summed E-state index contributed by atoms with van der Waals surface area (Å²) >= 11 is 0. The Kier molecular flexibility index (Phi) is 4.42. The molecule has 0 radical (unpaired) electrons. The first-order valence-electron chi connectivity index (χ1n) is 8.31. The molecule has 2 heteroatoms. The summed E-state index contributed by atoms with van der Waals surface area (Å²) in [6.07, 6.45) is 6.96. The van der Waals surface area contributed by atoms with E-state index in [1.54, 1.807) is 0 Å². The largest absolute Gasteiger partial charge is 0.312 e. The van der Waals surface area contributed by atoms with Crippen LogP contribution in [-0.4, -0.2) is 30.6 Å². The first kappa shape index (κ1) is 14.1. The molecule has 0 amide bonds. The maximum absolute atomic E-state index is 3.58. The van der Waals surface area contributed by atoms with Crippen molar-refractivity contribution in [3.05, 3.63) is 35.9 Å². The predicted molar refractivity (Wildman–Crippen MR) is 84.8 cm³/mol. The lowest BCUT2D eigenvalue weighted by Crippen LogP contribution is -2.45. The van der Waals surface area contributed by atoms with Gasteiger partial charge in [-0.05, 0) is 50.6 Å². The highest BCUT2D eigenvalue weighted by molar-refractivity contribution is 5.21. The summed E-state index contributed by atoms with van der Waals surface area (Å²) in [6.45, 7) is 3.68. The molecule has 0 heterocycles. The maximum Gasteiger partial charge on any atom is 0.0475 e. The lowest BCUT2D eigenvalue weighted by Gasteiger charge is -2.37. The molecule has 3 rings (SSSR count). The van der Waals surface area contributed by atoms with Gasteiger partial charge in [0.05, 0.1) is 0 Å². The summed E-state index contributed by atoms with van der Waals surface area (Å²) in [4.78, 5) is 2.83. The Morgan fingerprint density at radius 2 is 1.85 bits per heavy atom. The van der Waals surface area contributed by atoms with Crippen LogP contribution in [0.2, 0.25) is 0 Å². The topological polar surface area (TPSA) is 15.3 Å². The van der Waals surface area contributed by atoms with Crippen LogP contribution < -0.4 is 5.32 Å². The van der Waals surface area contributed by atoms with Gasteiger partial charge in [-0.25, -0.2) is 0 Å². The Labute approximate surface area is 123 Å². The van der Waals surface area contributed by atoms with Gasteiger partial charge in [0, 0.05) is 24.7 Å². The zero-order valence-corrected chi connectivity index (χ0v) is 12.9. The minimum absolute atomic E-state index is 0.459. The summed E-state index contributed by atoms with van der Waals surface area (Å²) in [5.41, 5.74) is 1.43. The first-order chi connectivity index (χ1) is 9.83. The fourth-order valence-electron chi connectivity index (χ4n) is 3.46. The van der Waals surface area contributed by atoms with Gasteiger partial charge in [0.1, 0.15) is 0 Å². The molecular formula is C18H28N2. The number of likely N-dealkylation sites (N-methyl/N-ethyl adjacent to an activating group) is 1. The third kappa shape index (κ3) is 3.24. The zero-order valence-electron chi connectivity index (χ0n) is 12.9. The van der Waals surface area contributed by atoms with Crippen molar-refractivity contribution in [1.82, 2.24) is 10.2 Å². The van der Waals surface area contributed by atoms with Crippen LogP contribution in [0.15, 0.2) is 30.3 Å². The summed E-state index contributed by atoms with van der Waals surface area (Å²) in [5, 5.41) is 3.58. The molecule has 0 spiro atoms. The molecular weight excluding hydrogens is 244 g/mol. The van der Waals surface area contributed by atoms with Crippen LogP contribution in [0.5, 0.6) is 0 Å². The van der Waals surface area contributed by atoms with E-state index < -0.39 is 0 Å². The minimum Gasteiger partial charge on any atom is -0.312 e. The van der Waals surface area contributed by atoms with Gasteiger partial charge < -0.3 is 5.32 Å². The molecule has 2 saturated carbocycles. The third-order valence-electron chi connectivity index (χ3n) is 4.88. The molecule has 0 saturated heterocycles. The Morgan fingerprint density at radius 1 is 1.15 bits per heavy atom. The molecule has 1 aromatic carbocycles. The molecule has 2 aliphatic carbocycles. The number of hydrogen-bond donors (Lipinski definition) is 1. The number of nitrogens with zero attached hydrogens (tertiary/aromatic N) is 1. The standard InChI is InChI=1S/C18H28N2/c1-3-17(18(19-2)15-7-5-4-6-8-15)20(16-11-12-16)13-14-9-10-14/h4-8,14,16-19H,3,9-13H2,1-2H3. The Balaban J connectivity index is 1.77. The summed E-state index contributed by atoms with van der Waals surface area (Å²) in [6, 6.07) is 12.9. The third-order valence-corrected chi connectivity index (χ3v) is 4.88. The monoisotopic (exact) mass is 272 g/mol. The van der Waals surface area contributed by atoms with Gasteiger partial charge in [-0.1, -0.05) is 37.3 Å². The fourth-order valence-corrected chi connectivity index (χ4v) is 3.46. The second-order valence-corrected chi connectivity index (χ2v) is 6.52. The second-order valence-electron chi connectivity index (χ2n) is 6.52. The number of nitrogens with one attached hydrogen (secondary N) is 1. The zero-order chi connectivity index (χ0) is 13.9. The summed E-state index contributed by atoms with van der Waals surface area (Å²) in [5.74, 6) is 0.984. The number of benzene rings is 1. The molecule has 2 unspecified atom stereocenters. The molecule has 2 fully saturated rings. The van der Waals surface area contributed by atoms with Gasteiger partial charge in [0.2, 0.25) is 0 Å². The summed E-state index contributed by atoms with van der Waals surface area (Å²) < 4.78 is 0. The van der Waals surface area contributed by atoms with Gasteiger partial charge in [0.15, 0.2) is 0 Å². The first-order valence-corrected chi connectivity index (χ1v) is 8.31. The molecule has 2 atom stereocenters. The van der Waals surface area contributed by atoms with Crippen LogP contribution in [-0.2, 0) is 0 Å². The molecule has 0 aliphatic heterocycles. The van der Waals surface area contributed by atoms with E-state index in [1.807, 2.05) is 0 Å². The van der Waals surface area contributed by atoms with Crippen LogP contribution in [0.3, 0.4) is 0 Å². The van der Waals surface area contributed by atoms with Crippen molar-refractivity contribution in [2.24, 2.45) is 5.92 Å². The number of hydrogen-bond acceptors (Lipinski definition) is 2. The smallest absolute Gasteiger partial charge is 0.0475 e. The molecule has 2 aliphatic rings. The Morgan fingerprint density at radius 3 is 2.35 bits per heavy atom. The van der Waals surface area contributed by atoms with Gasteiger partial charge in [-0.15, -0.1) is 0 Å². The van der Waals surface area contributed by atoms with Crippen LogP contribution in [0, 0.1) is 5.92 Å². The van der Waals surface area contributed by atoms with E-state index in [4.69, 9.17) is 0 Å². The van der Waals surface area contributed by atoms with Crippen molar-refractivity contribution in [3.63, 3.8) is 0 Å². The molecule has 0 bridgehead atoms. The van der Waals surface area contributed by atoms with Gasteiger partial charge in [0.25, 0.3) is 0 Å². The van der Waals surface area contributed by atoms with E-state index in [2.05, 4.69) is 54.5 Å². The van der Waals surface area contributed by atoms with Crippen molar-refractivity contribution in [3.8, 4) is 0 Å². The minimum atomic E-state index is 0.459. The van der Waals surface area contributed by atoms with Gasteiger partial charge >= 0.3 is 0 Å². The van der Waals surface area contributed by atoms with Crippen molar-refractivity contribution in [2.75, 3.05) is 13.6 Å². The normalized spacial score (nSPS) is 21.9. The summed E-state index contributed by atoms with van der Waals surface area (Å²) in [7, 11) is 2.11. The number of rotatable bonds is 8. The van der Waals surface area contributed by atoms with Crippen LogP contribution in [0.25, 0.3) is 0 Å². The lowest BCUT2D eigenvalue weighted by molar-refractivity contribution is 0.138. The van der Waals surface area contributed by atoms with Crippen molar-refractivity contribution in [2.45, 2.75) is 57.2 Å². The molecule has 1 aromatic rings. The quantitative estimate of drug-likeness (QED) is 0.778. The van der Waals surface area contributed by atoms with Gasteiger partial charge in [-0.2, -0.15) is 0 Å². The molecule has 110 valence electrons. The van der Waals surface area contributed by atoms with E-state index >= 15 is 0 Å². The molecule has 0 aromatic heterocycles. The van der Waals surface area contributed by atoms with Crippen LogP contribution in [0.1, 0.15) is 50.6 Å². The highest BCUT2D eigenvalue weighted by atomic mass is 15.2. The molecule has 1 N–H and O–H groups in total. The van der Waals surface area contributed by atoms with Crippen molar-refractivity contribution in [1.29, 1.82) is 0 Å². The average Bonchev–Trinajstić information content (AvgIpc) is 3.37. The Bertz CT molecular complexity index is 409.